The van der Waals surface area contributed by atoms with Crippen LogP contribution in [0.25, 0.3) is 0 Å². The summed E-state index contributed by atoms with van der Waals surface area (Å²) in [6.07, 6.45) is 0.386. The van der Waals surface area contributed by atoms with Gasteiger partial charge >= 0.3 is 0 Å². The van der Waals surface area contributed by atoms with Crippen molar-refractivity contribution in [3.63, 3.8) is 0 Å². The second-order valence-corrected chi connectivity index (χ2v) is 3.19. The number of aromatic nitrogens is 1. The van der Waals surface area contributed by atoms with Gasteiger partial charge < -0.3 is 5.11 Å². The summed E-state index contributed by atoms with van der Waals surface area (Å²) < 4.78 is 3.83. The minimum atomic E-state index is -0.105. The molecule has 3 nitrogen and oxygen atoms in total. The number of Topliss-reactive ketones (excluding diaryl/α,β-unsaturated/α-hetero) is 1. The topological polar surface area (TPSA) is 50.2 Å². The third-order valence-corrected chi connectivity index (χ3v) is 2.16. The van der Waals surface area contributed by atoms with Gasteiger partial charge in [-0.3, -0.25) is 4.79 Å². The summed E-state index contributed by atoms with van der Waals surface area (Å²) in [5, 5.41) is 9.27. The van der Waals surface area contributed by atoms with E-state index in [9.17, 15) is 9.90 Å². The van der Waals surface area contributed by atoms with E-state index in [4.69, 9.17) is 0 Å². The molecule has 4 heteroatoms. The molecule has 0 fully saturated rings. The second kappa shape index (κ2) is 3.00. The Hall–Kier alpha value is -0.900. The Kier molecular flexibility index (Phi) is 2.24. The molecule has 11 heavy (non-hydrogen) atoms. The lowest BCUT2D eigenvalue weighted by Crippen LogP contribution is -1.96. The zero-order valence-electron chi connectivity index (χ0n) is 6.42. The minimum absolute atomic E-state index is 0.0434. The fourth-order valence-electron chi connectivity index (χ4n) is 0.718. The van der Waals surface area contributed by atoms with Crippen LogP contribution in [-0.2, 0) is 0 Å². The zero-order valence-corrected chi connectivity index (χ0v) is 7.23. The Morgan fingerprint density at radius 1 is 1.73 bits per heavy atom. The summed E-state index contributed by atoms with van der Waals surface area (Å²) in [4.78, 5) is 11.7. The molecule has 0 saturated heterocycles. The molecule has 0 saturated carbocycles. The lowest BCUT2D eigenvalue weighted by Gasteiger charge is -1.91. The first-order valence-corrected chi connectivity index (χ1v) is 4.12. The molecule has 0 aromatic carbocycles. The Labute approximate surface area is 68.8 Å². The van der Waals surface area contributed by atoms with E-state index in [1.807, 2.05) is 0 Å². The van der Waals surface area contributed by atoms with E-state index in [0.29, 0.717) is 11.3 Å². The van der Waals surface area contributed by atoms with Crippen molar-refractivity contribution in [2.45, 2.75) is 20.3 Å². The molecule has 0 atom stereocenters. The predicted octanol–water partition coefficient (Wildman–Crippen LogP) is 1.75. The van der Waals surface area contributed by atoms with Crippen LogP contribution >= 0.6 is 11.5 Å². The normalized spacial score (nSPS) is 10.0. The molecule has 1 heterocycles. The number of aromatic hydroxyl groups is 1. The molecule has 1 rings (SSSR count). The van der Waals surface area contributed by atoms with Gasteiger partial charge in [0.05, 0.1) is 4.88 Å². The van der Waals surface area contributed by atoms with Crippen LogP contribution in [0.3, 0.4) is 0 Å². The van der Waals surface area contributed by atoms with Crippen LogP contribution in [-0.4, -0.2) is 15.3 Å². The number of carbonyl (C=O) groups is 1. The van der Waals surface area contributed by atoms with E-state index >= 15 is 0 Å². The van der Waals surface area contributed by atoms with Gasteiger partial charge in [0.15, 0.2) is 17.2 Å². The zero-order chi connectivity index (χ0) is 8.43. The van der Waals surface area contributed by atoms with Gasteiger partial charge in [0.2, 0.25) is 0 Å². The van der Waals surface area contributed by atoms with Gasteiger partial charge in [-0.05, 0) is 18.5 Å². The molecule has 0 aliphatic carbocycles. The smallest absolute Gasteiger partial charge is 0.185 e. The average molecular weight is 171 g/mol. The predicted molar refractivity (Wildman–Crippen MR) is 43.1 cm³/mol. The molecule has 1 aromatic rings. The van der Waals surface area contributed by atoms with Crippen molar-refractivity contribution in [1.29, 1.82) is 0 Å². The molecular weight excluding hydrogens is 162 g/mol. The number of carbonyl (C=O) groups excluding carboxylic acids is 1. The lowest BCUT2D eigenvalue weighted by molar-refractivity contribution is 0.0981. The standard InChI is InChI=1S/C7H9NO2S/c1-3-5(9)6-7(10)4(2)11-8-6/h10H,3H2,1-2H3. The van der Waals surface area contributed by atoms with Crippen LogP contribution in [0.15, 0.2) is 0 Å². The van der Waals surface area contributed by atoms with Crippen molar-refractivity contribution in [3.8, 4) is 5.75 Å². The number of nitrogens with zero attached hydrogens (tertiary/aromatic N) is 1. The highest BCUT2D eigenvalue weighted by molar-refractivity contribution is 7.06. The Morgan fingerprint density at radius 2 is 2.36 bits per heavy atom. The largest absolute Gasteiger partial charge is 0.504 e. The van der Waals surface area contributed by atoms with Crippen molar-refractivity contribution in [3.05, 3.63) is 10.6 Å². The van der Waals surface area contributed by atoms with E-state index in [-0.39, 0.29) is 17.2 Å². The van der Waals surface area contributed by atoms with Crippen LogP contribution in [0.4, 0.5) is 0 Å². The van der Waals surface area contributed by atoms with Crippen molar-refractivity contribution in [2.24, 2.45) is 0 Å². The van der Waals surface area contributed by atoms with Crippen molar-refractivity contribution in [1.82, 2.24) is 4.37 Å². The third-order valence-electron chi connectivity index (χ3n) is 1.42. The summed E-state index contributed by atoms with van der Waals surface area (Å²) in [7, 11) is 0. The summed E-state index contributed by atoms with van der Waals surface area (Å²) in [5.41, 5.74) is 0.218. The molecule has 0 amide bonds. The van der Waals surface area contributed by atoms with E-state index < -0.39 is 0 Å². The van der Waals surface area contributed by atoms with Crippen LogP contribution < -0.4 is 0 Å². The molecule has 1 aromatic heterocycles. The molecule has 1 N–H and O–H groups in total. The molecule has 0 unspecified atom stereocenters. The maximum atomic E-state index is 11.0. The van der Waals surface area contributed by atoms with Crippen molar-refractivity contribution < 1.29 is 9.90 Å². The maximum absolute atomic E-state index is 11.0. The number of aryl methyl sites for hydroxylation is 1. The van der Waals surface area contributed by atoms with Crippen molar-refractivity contribution in [2.75, 3.05) is 0 Å². The number of rotatable bonds is 2. The fourth-order valence-corrected chi connectivity index (χ4v) is 1.32. The van der Waals surface area contributed by atoms with Crippen molar-refractivity contribution >= 4 is 17.3 Å². The lowest BCUT2D eigenvalue weighted by atomic mass is 10.2. The molecule has 60 valence electrons. The molecule has 0 aliphatic heterocycles. The van der Waals surface area contributed by atoms with Gasteiger partial charge in [-0.2, -0.15) is 4.37 Å². The van der Waals surface area contributed by atoms with Crippen LogP contribution in [0, 0.1) is 6.92 Å². The number of hydrogen-bond donors (Lipinski definition) is 1. The van der Waals surface area contributed by atoms with E-state index in [0.717, 1.165) is 11.5 Å². The summed E-state index contributed by atoms with van der Waals surface area (Å²) >= 11 is 1.15. The van der Waals surface area contributed by atoms with Gasteiger partial charge in [0, 0.05) is 6.42 Å². The monoisotopic (exact) mass is 171 g/mol. The van der Waals surface area contributed by atoms with Crippen LogP contribution in [0.2, 0.25) is 0 Å². The first-order valence-electron chi connectivity index (χ1n) is 3.35. The Bertz CT molecular complexity index is 280. The Morgan fingerprint density at radius 3 is 2.73 bits per heavy atom. The summed E-state index contributed by atoms with van der Waals surface area (Å²) in [5.74, 6) is -0.0614. The quantitative estimate of drug-likeness (QED) is 0.689. The van der Waals surface area contributed by atoms with Gasteiger partial charge in [0.1, 0.15) is 0 Å². The highest BCUT2D eigenvalue weighted by Gasteiger charge is 2.14. The minimum Gasteiger partial charge on any atom is -0.504 e. The first kappa shape index (κ1) is 8.20. The molecule has 0 bridgehead atoms. The van der Waals surface area contributed by atoms with E-state index in [1.54, 1.807) is 13.8 Å². The van der Waals surface area contributed by atoms with Gasteiger partial charge in [-0.25, -0.2) is 0 Å². The Balaban J connectivity index is 3.04. The summed E-state index contributed by atoms with van der Waals surface area (Å²) in [6, 6.07) is 0. The number of hydrogen-bond acceptors (Lipinski definition) is 4. The van der Waals surface area contributed by atoms with E-state index in [1.165, 1.54) is 0 Å². The third kappa shape index (κ3) is 1.40. The first-order chi connectivity index (χ1) is 5.16. The highest BCUT2D eigenvalue weighted by Crippen LogP contribution is 2.25. The summed E-state index contributed by atoms with van der Waals surface area (Å²) in [6.45, 7) is 3.48. The average Bonchev–Trinajstić information content (AvgIpc) is 2.32. The van der Waals surface area contributed by atoms with Gasteiger partial charge in [-0.15, -0.1) is 0 Å². The fraction of sp³-hybridized carbons (Fsp3) is 0.429. The number of ketones is 1. The molecule has 0 aliphatic rings. The van der Waals surface area contributed by atoms with Gasteiger partial charge in [0.25, 0.3) is 0 Å². The maximum Gasteiger partial charge on any atom is 0.185 e. The van der Waals surface area contributed by atoms with Gasteiger partial charge in [-0.1, -0.05) is 6.92 Å². The molecule has 0 radical (unpaired) electrons. The molecule has 0 spiro atoms. The second-order valence-electron chi connectivity index (χ2n) is 2.21. The molecular formula is C7H9NO2S. The van der Waals surface area contributed by atoms with Crippen LogP contribution in [0.1, 0.15) is 28.7 Å². The van der Waals surface area contributed by atoms with Crippen LogP contribution in [0.5, 0.6) is 5.75 Å². The SMILES string of the molecule is CCC(=O)c1nsc(C)c1O. The highest BCUT2D eigenvalue weighted by atomic mass is 32.1. The van der Waals surface area contributed by atoms with E-state index in [2.05, 4.69) is 4.37 Å².